The molecule has 2 unspecified atom stereocenters. The van der Waals surface area contributed by atoms with E-state index in [1.165, 1.54) is 0 Å². The van der Waals surface area contributed by atoms with Gasteiger partial charge in [-0.2, -0.15) is 0 Å². The van der Waals surface area contributed by atoms with Crippen molar-refractivity contribution in [1.82, 2.24) is 10.6 Å². The lowest BCUT2D eigenvalue weighted by molar-refractivity contribution is -0.131. The first-order valence-electron chi connectivity index (χ1n) is 7.11. The Hall–Kier alpha value is -1.67. The molecule has 8 N–H and O–H groups in total. The fraction of sp³-hybridized carbons (Fsp3) is 0.769. The largest absolute Gasteiger partial charge is 0.368 e. The molecule has 0 aliphatic rings. The summed E-state index contributed by atoms with van der Waals surface area (Å²) >= 11 is 0. The van der Waals surface area contributed by atoms with E-state index in [4.69, 9.17) is 17.2 Å². The van der Waals surface area contributed by atoms with Crippen molar-refractivity contribution >= 4 is 17.7 Å². The van der Waals surface area contributed by atoms with Crippen molar-refractivity contribution in [2.75, 3.05) is 13.1 Å². The molecule has 0 saturated carbocycles. The summed E-state index contributed by atoms with van der Waals surface area (Å²) in [6, 6.07) is -1.55. The monoisotopic (exact) mass is 301 g/mol. The summed E-state index contributed by atoms with van der Waals surface area (Å²) in [5, 5.41) is 5.12. The van der Waals surface area contributed by atoms with Crippen LogP contribution >= 0.6 is 0 Å². The molecule has 0 rings (SSSR count). The smallest absolute Gasteiger partial charge is 0.243 e. The normalized spacial score (nSPS) is 13.6. The van der Waals surface area contributed by atoms with Gasteiger partial charge in [0.15, 0.2) is 0 Å². The summed E-state index contributed by atoms with van der Waals surface area (Å²) < 4.78 is 0. The average molecular weight is 301 g/mol. The van der Waals surface area contributed by atoms with Gasteiger partial charge in [-0.1, -0.05) is 13.8 Å². The zero-order valence-corrected chi connectivity index (χ0v) is 12.7. The summed E-state index contributed by atoms with van der Waals surface area (Å²) in [5.41, 5.74) is 16.0. The first kappa shape index (κ1) is 19.3. The second-order valence-electron chi connectivity index (χ2n) is 5.33. The maximum Gasteiger partial charge on any atom is 0.243 e. The summed E-state index contributed by atoms with van der Waals surface area (Å²) in [5.74, 6) is -1.19. The van der Waals surface area contributed by atoms with E-state index in [0.29, 0.717) is 6.42 Å². The van der Waals surface area contributed by atoms with Crippen molar-refractivity contribution in [2.24, 2.45) is 23.1 Å². The Balaban J connectivity index is 4.70. The second kappa shape index (κ2) is 10.1. The number of nitrogens with two attached hydrogens (primary N) is 3. The quantitative estimate of drug-likeness (QED) is 0.322. The van der Waals surface area contributed by atoms with Gasteiger partial charge in [-0.3, -0.25) is 14.4 Å². The number of carbonyl (C=O) groups excluding carboxylic acids is 3. The number of nitrogens with one attached hydrogen (secondary N) is 2. The number of hydrogen-bond donors (Lipinski definition) is 5. The van der Waals surface area contributed by atoms with Gasteiger partial charge < -0.3 is 27.8 Å². The van der Waals surface area contributed by atoms with Gasteiger partial charge in [-0.25, -0.2) is 0 Å². The highest BCUT2D eigenvalue weighted by molar-refractivity contribution is 5.91. The van der Waals surface area contributed by atoms with E-state index in [0.717, 1.165) is 0 Å². The fourth-order valence-electron chi connectivity index (χ4n) is 1.82. The molecule has 2 atom stereocenters. The molecule has 0 saturated heterocycles. The molecule has 0 heterocycles. The first-order chi connectivity index (χ1) is 9.81. The molecule has 0 aliphatic heterocycles. The van der Waals surface area contributed by atoms with E-state index in [-0.39, 0.29) is 37.8 Å². The lowest BCUT2D eigenvalue weighted by Crippen LogP contribution is -2.53. The van der Waals surface area contributed by atoms with E-state index in [2.05, 4.69) is 10.6 Å². The molecule has 0 aromatic rings. The molecule has 0 bridgehead atoms. The Labute approximate surface area is 125 Å². The molecule has 3 amide bonds. The van der Waals surface area contributed by atoms with Crippen molar-refractivity contribution < 1.29 is 14.4 Å². The van der Waals surface area contributed by atoms with Crippen molar-refractivity contribution in [3.63, 3.8) is 0 Å². The minimum atomic E-state index is -0.789. The van der Waals surface area contributed by atoms with Crippen molar-refractivity contribution in [3.8, 4) is 0 Å². The van der Waals surface area contributed by atoms with Crippen LogP contribution in [0.1, 0.15) is 33.1 Å². The number of amides is 3. The van der Waals surface area contributed by atoms with Gasteiger partial charge in [0.05, 0.1) is 0 Å². The Morgan fingerprint density at radius 2 is 1.62 bits per heavy atom. The predicted molar refractivity (Wildman–Crippen MR) is 79.9 cm³/mol. The summed E-state index contributed by atoms with van der Waals surface area (Å²) in [4.78, 5) is 35.0. The van der Waals surface area contributed by atoms with E-state index in [9.17, 15) is 14.4 Å². The highest BCUT2D eigenvalue weighted by Gasteiger charge is 2.25. The van der Waals surface area contributed by atoms with Gasteiger partial charge in [0.25, 0.3) is 0 Å². The minimum Gasteiger partial charge on any atom is -0.368 e. The number of rotatable bonds is 10. The Morgan fingerprint density at radius 3 is 2.05 bits per heavy atom. The molecule has 21 heavy (non-hydrogen) atoms. The molecule has 0 aliphatic carbocycles. The molecular formula is C13H27N5O3. The first-order valence-corrected chi connectivity index (χ1v) is 7.11. The third kappa shape index (κ3) is 8.26. The van der Waals surface area contributed by atoms with Crippen LogP contribution in [-0.4, -0.2) is 42.9 Å². The van der Waals surface area contributed by atoms with Crippen LogP contribution in [0.2, 0.25) is 0 Å². The van der Waals surface area contributed by atoms with E-state index in [1.807, 2.05) is 13.8 Å². The van der Waals surface area contributed by atoms with Crippen LogP contribution in [0.4, 0.5) is 0 Å². The van der Waals surface area contributed by atoms with Crippen LogP contribution < -0.4 is 27.8 Å². The number of primary amides is 1. The Bertz CT molecular complexity index is 360. The van der Waals surface area contributed by atoms with Gasteiger partial charge in [0.1, 0.15) is 12.1 Å². The fourth-order valence-corrected chi connectivity index (χ4v) is 1.82. The molecule has 8 heteroatoms. The summed E-state index contributed by atoms with van der Waals surface area (Å²) in [6.07, 6.45) is 0.835. The molecular weight excluding hydrogens is 274 g/mol. The zero-order valence-electron chi connectivity index (χ0n) is 12.7. The van der Waals surface area contributed by atoms with Gasteiger partial charge in [0.2, 0.25) is 17.7 Å². The molecule has 0 aromatic heterocycles. The maximum atomic E-state index is 12.1. The Kier molecular flexibility index (Phi) is 9.31. The maximum absolute atomic E-state index is 12.1. The highest BCUT2D eigenvalue weighted by atomic mass is 16.2. The lowest BCUT2D eigenvalue weighted by Gasteiger charge is -2.22. The van der Waals surface area contributed by atoms with Crippen LogP contribution in [0, 0.1) is 5.92 Å². The molecule has 0 aromatic carbocycles. The Morgan fingerprint density at radius 1 is 1.00 bits per heavy atom. The van der Waals surface area contributed by atoms with Crippen LogP contribution in [0.5, 0.6) is 0 Å². The second-order valence-corrected chi connectivity index (χ2v) is 5.33. The van der Waals surface area contributed by atoms with Crippen molar-refractivity contribution in [1.29, 1.82) is 0 Å². The van der Waals surface area contributed by atoms with E-state index in [1.54, 1.807) is 0 Å². The van der Waals surface area contributed by atoms with E-state index >= 15 is 0 Å². The van der Waals surface area contributed by atoms with Crippen LogP contribution in [0.25, 0.3) is 0 Å². The van der Waals surface area contributed by atoms with Crippen molar-refractivity contribution in [2.45, 2.75) is 45.2 Å². The van der Waals surface area contributed by atoms with Gasteiger partial charge in [-0.15, -0.1) is 0 Å². The SMILES string of the molecule is CC(C)CC(NC(=O)C(CCN)NC(=O)CCN)C(N)=O. The number of carbonyl (C=O) groups is 3. The molecule has 0 fully saturated rings. The third-order valence-corrected chi connectivity index (χ3v) is 2.85. The lowest BCUT2D eigenvalue weighted by atomic mass is 10.0. The van der Waals surface area contributed by atoms with E-state index < -0.39 is 23.9 Å². The standard InChI is InChI=1S/C13H27N5O3/c1-8(2)7-10(12(16)20)18-13(21)9(3-5-14)17-11(19)4-6-15/h8-10H,3-7,14-15H2,1-2H3,(H2,16,20)(H,17,19)(H,18,21). The van der Waals surface area contributed by atoms with Crippen LogP contribution in [0.15, 0.2) is 0 Å². The average Bonchev–Trinajstić information content (AvgIpc) is 2.36. The van der Waals surface area contributed by atoms with Crippen LogP contribution in [-0.2, 0) is 14.4 Å². The summed E-state index contributed by atoms with van der Waals surface area (Å²) in [6.45, 7) is 4.26. The third-order valence-electron chi connectivity index (χ3n) is 2.85. The number of hydrogen-bond acceptors (Lipinski definition) is 5. The van der Waals surface area contributed by atoms with Gasteiger partial charge in [-0.05, 0) is 25.3 Å². The highest BCUT2D eigenvalue weighted by Crippen LogP contribution is 2.05. The molecule has 0 radical (unpaired) electrons. The zero-order chi connectivity index (χ0) is 16.4. The van der Waals surface area contributed by atoms with Crippen molar-refractivity contribution in [3.05, 3.63) is 0 Å². The predicted octanol–water partition coefficient (Wildman–Crippen LogP) is -1.81. The molecule has 8 nitrogen and oxygen atoms in total. The summed E-state index contributed by atoms with van der Waals surface area (Å²) in [7, 11) is 0. The minimum absolute atomic E-state index is 0.125. The van der Waals surface area contributed by atoms with Gasteiger partial charge in [0, 0.05) is 13.0 Å². The van der Waals surface area contributed by atoms with Gasteiger partial charge >= 0.3 is 0 Å². The topological polar surface area (TPSA) is 153 Å². The van der Waals surface area contributed by atoms with Crippen LogP contribution in [0.3, 0.4) is 0 Å². The molecule has 0 spiro atoms. The molecule has 122 valence electrons.